The Morgan fingerprint density at radius 3 is 2.35 bits per heavy atom. The number of hydrogen-bond acceptors (Lipinski definition) is 5. The van der Waals surface area contributed by atoms with Crippen LogP contribution in [-0.2, 0) is 17.8 Å². The second-order valence-electron chi connectivity index (χ2n) is 9.10. The molecule has 34 heavy (non-hydrogen) atoms. The van der Waals surface area contributed by atoms with Crippen LogP contribution < -0.4 is 9.64 Å². The van der Waals surface area contributed by atoms with Gasteiger partial charge in [-0.3, -0.25) is 4.79 Å². The van der Waals surface area contributed by atoms with Crippen LogP contribution in [0.3, 0.4) is 0 Å². The first kappa shape index (κ1) is 22.4. The van der Waals surface area contributed by atoms with E-state index in [9.17, 15) is 4.79 Å². The Morgan fingerprint density at radius 1 is 0.941 bits per heavy atom. The minimum absolute atomic E-state index is 0.144. The predicted octanol–water partition coefficient (Wildman–Crippen LogP) is 5.34. The second kappa shape index (κ2) is 10.2. The third kappa shape index (κ3) is 4.76. The van der Waals surface area contributed by atoms with Crippen molar-refractivity contribution in [3.05, 3.63) is 77.5 Å². The fourth-order valence-electron chi connectivity index (χ4n) is 4.94. The number of ether oxygens (including phenoxy) is 1. The molecule has 5 rings (SSSR count). The van der Waals surface area contributed by atoms with Gasteiger partial charge in [-0.2, -0.15) is 4.98 Å². The molecule has 6 heteroatoms. The van der Waals surface area contributed by atoms with Gasteiger partial charge in [-0.25, -0.2) is 4.98 Å². The molecule has 0 aliphatic carbocycles. The van der Waals surface area contributed by atoms with Crippen molar-refractivity contribution in [2.45, 2.75) is 51.5 Å². The lowest BCUT2D eigenvalue weighted by Gasteiger charge is -2.33. The molecule has 3 aromatic rings. The summed E-state index contributed by atoms with van der Waals surface area (Å²) in [5, 5.41) is 0. The third-order valence-electron chi connectivity index (χ3n) is 6.83. The van der Waals surface area contributed by atoms with Gasteiger partial charge in [0, 0.05) is 26.1 Å². The number of para-hydroxylation sites is 1. The van der Waals surface area contributed by atoms with Crippen LogP contribution in [0.2, 0.25) is 0 Å². The first-order valence-electron chi connectivity index (χ1n) is 12.4. The molecule has 1 atom stereocenters. The van der Waals surface area contributed by atoms with Crippen LogP contribution in [0, 0.1) is 0 Å². The molecule has 0 bridgehead atoms. The first-order chi connectivity index (χ1) is 16.7. The predicted molar refractivity (Wildman–Crippen MR) is 133 cm³/mol. The van der Waals surface area contributed by atoms with Crippen molar-refractivity contribution in [1.82, 2.24) is 14.9 Å². The highest BCUT2D eigenvalue weighted by molar-refractivity contribution is 5.84. The Hall–Kier alpha value is -3.41. The molecule has 1 saturated heterocycles. The Bertz CT molecular complexity index is 1110. The fraction of sp³-hybridized carbons (Fsp3) is 0.393. The Balaban J connectivity index is 1.45. The average Bonchev–Trinajstić information content (AvgIpc) is 2.90. The molecule has 2 aliphatic heterocycles. The van der Waals surface area contributed by atoms with E-state index < -0.39 is 0 Å². The molecule has 1 fully saturated rings. The summed E-state index contributed by atoms with van der Waals surface area (Å²) in [7, 11) is 0. The summed E-state index contributed by atoms with van der Waals surface area (Å²) < 4.78 is 6.29. The topological polar surface area (TPSA) is 58.6 Å². The standard InChI is InChI=1S/C28H32N4O2/c1-2-23(21-12-6-3-7-13-21)27(33)32-19-16-25-24(20-32)26(34-22-14-8-4-9-15-22)30-28(29-25)31-17-10-5-11-18-31/h3-4,6-9,12-15,23H,2,5,10-11,16-20H2,1H3/t23-/m1/s1. The van der Waals surface area contributed by atoms with Gasteiger partial charge in [-0.05, 0) is 43.4 Å². The van der Waals surface area contributed by atoms with Gasteiger partial charge in [0.1, 0.15) is 5.75 Å². The van der Waals surface area contributed by atoms with Crippen LogP contribution in [0.15, 0.2) is 60.7 Å². The van der Waals surface area contributed by atoms with E-state index in [2.05, 4.69) is 11.8 Å². The van der Waals surface area contributed by atoms with Crippen molar-refractivity contribution in [3.63, 3.8) is 0 Å². The summed E-state index contributed by atoms with van der Waals surface area (Å²) in [5.74, 6) is 2.08. The summed E-state index contributed by atoms with van der Waals surface area (Å²) >= 11 is 0. The molecule has 2 aliphatic rings. The van der Waals surface area contributed by atoms with Crippen molar-refractivity contribution in [1.29, 1.82) is 0 Å². The Labute approximate surface area is 201 Å². The molecule has 0 N–H and O–H groups in total. The molecular formula is C28H32N4O2. The molecule has 1 aromatic heterocycles. The molecule has 0 unspecified atom stereocenters. The zero-order valence-corrected chi connectivity index (χ0v) is 19.8. The molecule has 0 saturated carbocycles. The highest BCUT2D eigenvalue weighted by Crippen LogP contribution is 2.33. The fourth-order valence-corrected chi connectivity index (χ4v) is 4.94. The van der Waals surface area contributed by atoms with E-state index in [0.29, 0.717) is 25.4 Å². The van der Waals surface area contributed by atoms with Gasteiger partial charge in [0.15, 0.2) is 0 Å². The van der Waals surface area contributed by atoms with Crippen molar-refractivity contribution < 1.29 is 9.53 Å². The van der Waals surface area contributed by atoms with Crippen LogP contribution in [0.5, 0.6) is 11.6 Å². The normalized spacial score (nSPS) is 16.6. The molecule has 0 radical (unpaired) electrons. The summed E-state index contributed by atoms with van der Waals surface area (Å²) in [4.78, 5) is 27.6. The number of carbonyl (C=O) groups excluding carboxylic acids is 1. The summed E-state index contributed by atoms with van der Waals surface area (Å²) in [5.41, 5.74) is 2.99. The van der Waals surface area contributed by atoms with E-state index in [1.807, 2.05) is 65.6 Å². The molecule has 6 nitrogen and oxygen atoms in total. The number of hydrogen-bond donors (Lipinski definition) is 0. The highest BCUT2D eigenvalue weighted by atomic mass is 16.5. The molecule has 3 heterocycles. The SMILES string of the molecule is CC[C@@H](C(=O)N1CCc2nc(N3CCCCC3)nc(Oc3ccccc3)c2C1)c1ccccc1. The van der Waals surface area contributed by atoms with Gasteiger partial charge in [-0.1, -0.05) is 55.5 Å². The van der Waals surface area contributed by atoms with Crippen molar-refractivity contribution in [2.24, 2.45) is 0 Å². The van der Waals surface area contributed by atoms with E-state index >= 15 is 0 Å². The Morgan fingerprint density at radius 2 is 1.65 bits per heavy atom. The van der Waals surface area contributed by atoms with E-state index in [0.717, 1.165) is 60.9 Å². The number of piperidine rings is 1. The van der Waals surface area contributed by atoms with Crippen LogP contribution in [-0.4, -0.2) is 40.4 Å². The number of carbonyl (C=O) groups is 1. The van der Waals surface area contributed by atoms with Gasteiger partial charge in [0.2, 0.25) is 17.7 Å². The second-order valence-corrected chi connectivity index (χ2v) is 9.10. The number of benzene rings is 2. The lowest BCUT2D eigenvalue weighted by atomic mass is 9.94. The number of nitrogens with zero attached hydrogens (tertiary/aromatic N) is 4. The maximum Gasteiger partial charge on any atom is 0.230 e. The van der Waals surface area contributed by atoms with Gasteiger partial charge >= 0.3 is 0 Å². The zero-order chi connectivity index (χ0) is 23.3. The maximum absolute atomic E-state index is 13.6. The highest BCUT2D eigenvalue weighted by Gasteiger charge is 2.31. The number of anilines is 1. The lowest BCUT2D eigenvalue weighted by Crippen LogP contribution is -2.40. The minimum atomic E-state index is -0.144. The lowest BCUT2D eigenvalue weighted by molar-refractivity contribution is -0.133. The number of rotatable bonds is 6. The number of fused-ring (bicyclic) bond motifs is 1. The van der Waals surface area contributed by atoms with E-state index in [-0.39, 0.29) is 11.8 Å². The monoisotopic (exact) mass is 456 g/mol. The van der Waals surface area contributed by atoms with Gasteiger partial charge < -0.3 is 14.5 Å². The third-order valence-corrected chi connectivity index (χ3v) is 6.83. The number of amides is 1. The average molecular weight is 457 g/mol. The molecule has 0 spiro atoms. The van der Waals surface area contributed by atoms with Crippen molar-refractivity contribution in [2.75, 3.05) is 24.5 Å². The van der Waals surface area contributed by atoms with Gasteiger partial charge in [0.05, 0.1) is 23.7 Å². The Kier molecular flexibility index (Phi) is 6.74. The smallest absolute Gasteiger partial charge is 0.230 e. The van der Waals surface area contributed by atoms with Gasteiger partial charge in [-0.15, -0.1) is 0 Å². The summed E-state index contributed by atoms with van der Waals surface area (Å²) in [6.45, 7) is 5.16. The van der Waals surface area contributed by atoms with Crippen LogP contribution in [0.25, 0.3) is 0 Å². The first-order valence-corrected chi connectivity index (χ1v) is 12.4. The minimum Gasteiger partial charge on any atom is -0.438 e. The molecule has 176 valence electrons. The van der Waals surface area contributed by atoms with Crippen LogP contribution in [0.4, 0.5) is 5.95 Å². The van der Waals surface area contributed by atoms with E-state index in [1.165, 1.54) is 6.42 Å². The van der Waals surface area contributed by atoms with Crippen LogP contribution >= 0.6 is 0 Å². The van der Waals surface area contributed by atoms with Gasteiger partial charge in [0.25, 0.3) is 0 Å². The largest absolute Gasteiger partial charge is 0.438 e. The molecule has 1 amide bonds. The van der Waals surface area contributed by atoms with Crippen molar-refractivity contribution in [3.8, 4) is 11.6 Å². The molecular weight excluding hydrogens is 424 g/mol. The maximum atomic E-state index is 13.6. The van der Waals surface area contributed by atoms with E-state index in [4.69, 9.17) is 14.7 Å². The molecule has 2 aromatic carbocycles. The van der Waals surface area contributed by atoms with E-state index in [1.54, 1.807) is 0 Å². The summed E-state index contributed by atoms with van der Waals surface area (Å²) in [6.07, 6.45) is 5.06. The van der Waals surface area contributed by atoms with Crippen LogP contribution in [0.1, 0.15) is 55.3 Å². The summed E-state index contributed by atoms with van der Waals surface area (Å²) in [6, 6.07) is 19.8. The quantitative estimate of drug-likeness (QED) is 0.501. The zero-order valence-electron chi connectivity index (χ0n) is 19.8. The number of aromatic nitrogens is 2. The van der Waals surface area contributed by atoms with Crippen molar-refractivity contribution >= 4 is 11.9 Å².